The van der Waals surface area contributed by atoms with Crippen LogP contribution in [0.1, 0.15) is 27.5 Å². The monoisotopic (exact) mass is 383 g/mol. The van der Waals surface area contributed by atoms with Crippen LogP contribution in [-0.4, -0.2) is 15.9 Å². The zero-order valence-electron chi connectivity index (χ0n) is 14.9. The maximum atomic E-state index is 13.2. The molecule has 1 atom stereocenters. The second kappa shape index (κ2) is 6.94. The van der Waals surface area contributed by atoms with Crippen LogP contribution >= 0.6 is 11.3 Å². The van der Waals surface area contributed by atoms with Gasteiger partial charge in [0, 0.05) is 15.5 Å². The van der Waals surface area contributed by atoms with Crippen molar-refractivity contribution in [2.45, 2.75) is 6.04 Å². The van der Waals surface area contributed by atoms with E-state index in [0.717, 1.165) is 32.2 Å². The van der Waals surface area contributed by atoms with Crippen LogP contribution in [0.25, 0.3) is 21.1 Å². The number of hydrogen-bond acceptors (Lipinski definition) is 3. The van der Waals surface area contributed by atoms with E-state index in [-0.39, 0.29) is 11.9 Å². The zero-order valence-corrected chi connectivity index (χ0v) is 15.7. The Morgan fingerprint density at radius 3 is 2.68 bits per heavy atom. The molecular formula is C23H17N3OS. The van der Waals surface area contributed by atoms with Crippen LogP contribution in [0.5, 0.6) is 0 Å². The van der Waals surface area contributed by atoms with Crippen molar-refractivity contribution >= 4 is 38.4 Å². The Labute approximate surface area is 165 Å². The highest BCUT2D eigenvalue weighted by Gasteiger charge is 2.20. The second-order valence-corrected chi connectivity index (χ2v) is 7.55. The molecule has 1 unspecified atom stereocenters. The third-order valence-electron chi connectivity index (χ3n) is 4.91. The molecule has 5 aromatic rings. The quantitative estimate of drug-likeness (QED) is 0.443. The van der Waals surface area contributed by atoms with Gasteiger partial charge in [0.05, 0.1) is 29.0 Å². The Morgan fingerprint density at radius 1 is 0.964 bits per heavy atom. The summed E-state index contributed by atoms with van der Waals surface area (Å²) in [7, 11) is 0. The van der Waals surface area contributed by atoms with E-state index in [1.54, 1.807) is 17.7 Å². The first-order valence-electron chi connectivity index (χ1n) is 9.05. The summed E-state index contributed by atoms with van der Waals surface area (Å²) in [5.74, 6) is -0.0731. The number of H-pyrrole nitrogens is 1. The van der Waals surface area contributed by atoms with Crippen molar-refractivity contribution in [2.75, 3.05) is 0 Å². The van der Waals surface area contributed by atoms with Gasteiger partial charge < -0.3 is 10.3 Å². The molecule has 2 aromatic heterocycles. The molecule has 0 aliphatic carbocycles. The number of nitrogens with one attached hydrogen (secondary N) is 2. The van der Waals surface area contributed by atoms with Crippen molar-refractivity contribution in [3.63, 3.8) is 0 Å². The fourth-order valence-electron chi connectivity index (χ4n) is 3.50. The number of imidazole rings is 1. The minimum Gasteiger partial charge on any atom is -0.345 e. The van der Waals surface area contributed by atoms with E-state index in [1.165, 1.54) is 0 Å². The number of amides is 1. The summed E-state index contributed by atoms with van der Waals surface area (Å²) < 4.78 is 1.11. The molecule has 1 amide bonds. The molecule has 0 fully saturated rings. The molecule has 0 saturated heterocycles. The molecule has 0 aliphatic rings. The molecule has 136 valence electrons. The number of nitrogens with zero attached hydrogens (tertiary/aromatic N) is 1. The molecule has 2 N–H and O–H groups in total. The number of fused-ring (bicyclic) bond motifs is 2. The van der Waals surface area contributed by atoms with Crippen molar-refractivity contribution in [3.05, 3.63) is 101 Å². The normalized spacial score (nSPS) is 12.3. The lowest BCUT2D eigenvalue weighted by molar-refractivity contribution is 0.0945. The number of aromatic nitrogens is 2. The van der Waals surface area contributed by atoms with Crippen molar-refractivity contribution < 1.29 is 4.79 Å². The fraction of sp³-hybridized carbons (Fsp3) is 0.0435. The highest BCUT2D eigenvalue weighted by atomic mass is 32.1. The summed E-state index contributed by atoms with van der Waals surface area (Å²) >= 11 is 1.59. The summed E-state index contributed by atoms with van der Waals surface area (Å²) in [6, 6.07) is 23.8. The largest absolute Gasteiger partial charge is 0.345 e. The number of rotatable bonds is 4. The van der Waals surface area contributed by atoms with E-state index < -0.39 is 0 Å². The zero-order chi connectivity index (χ0) is 18.9. The number of carbonyl (C=O) groups is 1. The van der Waals surface area contributed by atoms with E-state index in [0.29, 0.717) is 5.56 Å². The van der Waals surface area contributed by atoms with Gasteiger partial charge in [-0.15, -0.1) is 11.3 Å². The smallest absolute Gasteiger partial charge is 0.253 e. The summed E-state index contributed by atoms with van der Waals surface area (Å²) in [5.41, 5.74) is 4.62. The molecule has 0 spiro atoms. The van der Waals surface area contributed by atoms with Crippen molar-refractivity contribution in [1.29, 1.82) is 0 Å². The Balaban J connectivity index is 1.55. The van der Waals surface area contributed by atoms with Gasteiger partial charge in [0.1, 0.15) is 0 Å². The Morgan fingerprint density at radius 2 is 1.79 bits per heavy atom. The van der Waals surface area contributed by atoms with E-state index in [1.807, 2.05) is 78.2 Å². The SMILES string of the molecule is O=C(NC(c1ccccc1)c1ccc2nc[nH]c2c1)c1csc2ccccc12. The second-order valence-electron chi connectivity index (χ2n) is 6.64. The topological polar surface area (TPSA) is 57.8 Å². The molecule has 3 aromatic carbocycles. The Kier molecular flexibility index (Phi) is 4.14. The van der Waals surface area contributed by atoms with Crippen LogP contribution < -0.4 is 5.32 Å². The molecule has 5 heteroatoms. The third kappa shape index (κ3) is 2.96. The van der Waals surface area contributed by atoms with Gasteiger partial charge in [-0.05, 0) is 29.3 Å². The lowest BCUT2D eigenvalue weighted by atomic mass is 9.97. The first kappa shape index (κ1) is 16.7. The third-order valence-corrected chi connectivity index (χ3v) is 5.88. The molecule has 4 nitrogen and oxygen atoms in total. The Bertz CT molecular complexity index is 1270. The van der Waals surface area contributed by atoms with Gasteiger partial charge in [0.15, 0.2) is 0 Å². The van der Waals surface area contributed by atoms with Crippen LogP contribution in [0.15, 0.2) is 84.5 Å². The minimum atomic E-state index is -0.250. The van der Waals surface area contributed by atoms with Crippen LogP contribution in [-0.2, 0) is 0 Å². The predicted octanol–water partition coefficient (Wildman–Crippen LogP) is 5.30. The summed E-state index contributed by atoms with van der Waals surface area (Å²) in [6.45, 7) is 0. The van der Waals surface area contributed by atoms with Crippen molar-refractivity contribution in [3.8, 4) is 0 Å². The van der Waals surface area contributed by atoms with E-state index in [9.17, 15) is 4.79 Å². The van der Waals surface area contributed by atoms with Crippen molar-refractivity contribution in [1.82, 2.24) is 15.3 Å². The van der Waals surface area contributed by atoms with Gasteiger partial charge in [-0.25, -0.2) is 4.98 Å². The summed E-state index contributed by atoms with van der Waals surface area (Å²) in [5, 5.41) is 6.15. The van der Waals surface area contributed by atoms with Gasteiger partial charge in [-0.3, -0.25) is 4.79 Å². The minimum absolute atomic E-state index is 0.0731. The number of aromatic amines is 1. The standard InChI is InChI=1S/C23H17N3OS/c27-23(18-13-28-21-9-5-4-8-17(18)21)26-22(15-6-2-1-3-7-15)16-10-11-19-20(12-16)25-14-24-19/h1-14,22H,(H,24,25)(H,26,27). The fourth-order valence-corrected chi connectivity index (χ4v) is 4.44. The van der Waals surface area contributed by atoms with Crippen LogP contribution in [0.2, 0.25) is 0 Å². The number of carbonyl (C=O) groups excluding carboxylic acids is 1. The predicted molar refractivity (Wildman–Crippen MR) is 114 cm³/mol. The summed E-state index contributed by atoms with van der Waals surface area (Å²) in [4.78, 5) is 20.6. The highest BCUT2D eigenvalue weighted by Crippen LogP contribution is 2.28. The molecule has 0 aliphatic heterocycles. The number of thiophene rings is 1. The van der Waals surface area contributed by atoms with E-state index in [2.05, 4.69) is 15.3 Å². The first-order chi connectivity index (χ1) is 13.8. The van der Waals surface area contributed by atoms with Gasteiger partial charge in [0.2, 0.25) is 0 Å². The maximum Gasteiger partial charge on any atom is 0.253 e. The average molecular weight is 383 g/mol. The molecule has 0 saturated carbocycles. The highest BCUT2D eigenvalue weighted by molar-refractivity contribution is 7.17. The number of benzene rings is 3. The molecular weight excluding hydrogens is 366 g/mol. The first-order valence-corrected chi connectivity index (χ1v) is 9.92. The van der Waals surface area contributed by atoms with Gasteiger partial charge >= 0.3 is 0 Å². The average Bonchev–Trinajstić information content (AvgIpc) is 3.39. The van der Waals surface area contributed by atoms with Gasteiger partial charge in [-0.2, -0.15) is 0 Å². The lowest BCUT2D eigenvalue weighted by Gasteiger charge is -2.20. The van der Waals surface area contributed by atoms with Crippen LogP contribution in [0.4, 0.5) is 0 Å². The molecule has 0 bridgehead atoms. The van der Waals surface area contributed by atoms with E-state index >= 15 is 0 Å². The molecule has 2 heterocycles. The molecule has 5 rings (SSSR count). The molecule has 0 radical (unpaired) electrons. The van der Waals surface area contributed by atoms with Crippen LogP contribution in [0.3, 0.4) is 0 Å². The number of hydrogen-bond donors (Lipinski definition) is 2. The van der Waals surface area contributed by atoms with E-state index in [4.69, 9.17) is 0 Å². The lowest BCUT2D eigenvalue weighted by Crippen LogP contribution is -2.29. The Hall–Kier alpha value is -3.44. The van der Waals surface area contributed by atoms with Crippen LogP contribution in [0, 0.1) is 0 Å². The van der Waals surface area contributed by atoms with Crippen molar-refractivity contribution in [2.24, 2.45) is 0 Å². The van der Waals surface area contributed by atoms with Gasteiger partial charge in [-0.1, -0.05) is 54.6 Å². The van der Waals surface area contributed by atoms with Gasteiger partial charge in [0.25, 0.3) is 5.91 Å². The molecule has 28 heavy (non-hydrogen) atoms. The summed E-state index contributed by atoms with van der Waals surface area (Å²) in [6.07, 6.45) is 1.68. The maximum absolute atomic E-state index is 13.2.